The van der Waals surface area contributed by atoms with Crippen LogP contribution in [0.15, 0.2) is 5.38 Å². The predicted octanol–water partition coefficient (Wildman–Crippen LogP) is 2.64. The first-order chi connectivity index (χ1) is 6.66. The average molecular weight is 210 g/mol. The van der Waals surface area contributed by atoms with E-state index >= 15 is 0 Å². The van der Waals surface area contributed by atoms with Gasteiger partial charge in [-0.05, 0) is 48.6 Å². The van der Waals surface area contributed by atoms with Crippen molar-refractivity contribution in [3.05, 3.63) is 21.4 Å². The van der Waals surface area contributed by atoms with Crippen LogP contribution >= 0.6 is 11.3 Å². The van der Waals surface area contributed by atoms with E-state index < -0.39 is 5.97 Å². The smallest absolute Gasteiger partial charge is 0.303 e. The monoisotopic (exact) mass is 210 g/mol. The highest BCUT2D eigenvalue weighted by atomic mass is 32.1. The fourth-order valence-electron chi connectivity index (χ4n) is 2.16. The minimum Gasteiger partial charge on any atom is -0.481 e. The first-order valence-corrected chi connectivity index (χ1v) is 5.82. The fraction of sp³-hybridized carbons (Fsp3) is 0.545. The summed E-state index contributed by atoms with van der Waals surface area (Å²) < 4.78 is 0. The summed E-state index contributed by atoms with van der Waals surface area (Å²) in [5, 5.41) is 10.9. The number of fused-ring (bicyclic) bond motifs is 1. The van der Waals surface area contributed by atoms with Crippen molar-refractivity contribution in [2.24, 2.45) is 5.92 Å². The molecule has 3 heteroatoms. The lowest BCUT2D eigenvalue weighted by Gasteiger charge is -2.20. The number of carbonyl (C=O) groups is 1. The molecule has 0 aliphatic heterocycles. The van der Waals surface area contributed by atoms with Gasteiger partial charge < -0.3 is 5.11 Å². The molecule has 76 valence electrons. The lowest BCUT2D eigenvalue weighted by Crippen LogP contribution is -2.16. The number of aliphatic carboxylic acids is 1. The molecular formula is C11H14O2S. The quantitative estimate of drug-likeness (QED) is 0.814. The molecule has 1 aliphatic carbocycles. The number of aryl methyl sites for hydroxylation is 1. The zero-order valence-electron chi connectivity index (χ0n) is 8.25. The molecule has 1 N–H and O–H groups in total. The Morgan fingerprint density at radius 1 is 1.71 bits per heavy atom. The maximum Gasteiger partial charge on any atom is 0.303 e. The van der Waals surface area contributed by atoms with Gasteiger partial charge in [0.25, 0.3) is 0 Å². The Labute approximate surface area is 87.6 Å². The zero-order chi connectivity index (χ0) is 10.1. The molecule has 0 bridgehead atoms. The van der Waals surface area contributed by atoms with Crippen molar-refractivity contribution in [2.45, 2.75) is 32.6 Å². The Hall–Kier alpha value is -0.830. The molecule has 2 rings (SSSR count). The maximum atomic E-state index is 10.6. The molecule has 0 spiro atoms. The standard InChI is InChI=1S/C11H14O2S/c1-7-6-14-10-4-8(5-11(12)13)2-3-9(7)10/h6,8H,2-5H2,1H3,(H,12,13). The highest BCUT2D eigenvalue weighted by Crippen LogP contribution is 2.33. The first-order valence-electron chi connectivity index (χ1n) is 4.94. The van der Waals surface area contributed by atoms with Crippen molar-refractivity contribution >= 4 is 17.3 Å². The van der Waals surface area contributed by atoms with Crippen LogP contribution in [0.4, 0.5) is 0 Å². The van der Waals surface area contributed by atoms with Gasteiger partial charge in [0, 0.05) is 11.3 Å². The van der Waals surface area contributed by atoms with Gasteiger partial charge in [0.1, 0.15) is 0 Å². The molecule has 1 unspecified atom stereocenters. The lowest BCUT2D eigenvalue weighted by molar-refractivity contribution is -0.138. The van der Waals surface area contributed by atoms with Crippen LogP contribution in [0.3, 0.4) is 0 Å². The molecule has 0 saturated carbocycles. The van der Waals surface area contributed by atoms with E-state index in [4.69, 9.17) is 5.11 Å². The molecule has 1 aliphatic rings. The average Bonchev–Trinajstić information content (AvgIpc) is 2.46. The number of rotatable bonds is 2. The summed E-state index contributed by atoms with van der Waals surface area (Å²) in [6.45, 7) is 2.15. The molecule has 0 fully saturated rings. The van der Waals surface area contributed by atoms with Crippen LogP contribution in [0.5, 0.6) is 0 Å². The third-order valence-electron chi connectivity index (χ3n) is 2.93. The highest BCUT2D eigenvalue weighted by molar-refractivity contribution is 7.10. The van der Waals surface area contributed by atoms with Crippen LogP contribution in [0.1, 0.15) is 28.8 Å². The number of hydrogen-bond acceptors (Lipinski definition) is 2. The molecule has 14 heavy (non-hydrogen) atoms. The van der Waals surface area contributed by atoms with E-state index in [1.54, 1.807) is 11.3 Å². The summed E-state index contributed by atoms with van der Waals surface area (Å²) in [6, 6.07) is 0. The van der Waals surface area contributed by atoms with Crippen molar-refractivity contribution < 1.29 is 9.90 Å². The van der Waals surface area contributed by atoms with E-state index in [0.29, 0.717) is 12.3 Å². The molecule has 2 nitrogen and oxygen atoms in total. The maximum absolute atomic E-state index is 10.6. The second-order valence-corrected chi connectivity index (χ2v) is 4.99. The molecule has 1 heterocycles. The van der Waals surface area contributed by atoms with Crippen molar-refractivity contribution in [3.63, 3.8) is 0 Å². The molecule has 0 radical (unpaired) electrons. The third-order valence-corrected chi connectivity index (χ3v) is 4.10. The Kier molecular flexibility index (Phi) is 2.59. The largest absolute Gasteiger partial charge is 0.481 e. The Morgan fingerprint density at radius 2 is 2.50 bits per heavy atom. The van der Waals surface area contributed by atoms with Gasteiger partial charge in [0.05, 0.1) is 0 Å². The van der Waals surface area contributed by atoms with Crippen molar-refractivity contribution in [3.8, 4) is 0 Å². The van der Waals surface area contributed by atoms with Gasteiger partial charge in [-0.1, -0.05) is 0 Å². The summed E-state index contributed by atoms with van der Waals surface area (Å²) >= 11 is 1.79. The predicted molar refractivity (Wildman–Crippen MR) is 56.8 cm³/mol. The normalized spacial score (nSPS) is 20.5. The van der Waals surface area contributed by atoms with Crippen molar-refractivity contribution in [1.29, 1.82) is 0 Å². The minimum absolute atomic E-state index is 0.330. The summed E-state index contributed by atoms with van der Waals surface area (Å²) in [6.07, 6.45) is 3.41. The summed E-state index contributed by atoms with van der Waals surface area (Å²) in [7, 11) is 0. The second-order valence-electron chi connectivity index (χ2n) is 4.03. The number of hydrogen-bond donors (Lipinski definition) is 1. The Balaban J connectivity index is 2.10. The van der Waals surface area contributed by atoms with Gasteiger partial charge in [0.2, 0.25) is 0 Å². The zero-order valence-corrected chi connectivity index (χ0v) is 9.06. The van der Waals surface area contributed by atoms with Crippen LogP contribution in [0, 0.1) is 12.8 Å². The summed E-state index contributed by atoms with van der Waals surface area (Å²) in [5.41, 5.74) is 2.87. The number of thiophene rings is 1. The molecule has 1 aromatic heterocycles. The molecule has 0 saturated heterocycles. The van der Waals surface area contributed by atoms with Gasteiger partial charge in [-0.15, -0.1) is 11.3 Å². The minimum atomic E-state index is -0.660. The molecule has 1 aromatic rings. The topological polar surface area (TPSA) is 37.3 Å². The van der Waals surface area contributed by atoms with E-state index in [2.05, 4.69) is 12.3 Å². The van der Waals surface area contributed by atoms with Gasteiger partial charge in [0.15, 0.2) is 0 Å². The SMILES string of the molecule is Cc1csc2c1CCC(CC(=O)O)C2. The van der Waals surface area contributed by atoms with E-state index in [1.165, 1.54) is 16.0 Å². The van der Waals surface area contributed by atoms with Gasteiger partial charge in [-0.2, -0.15) is 0 Å². The van der Waals surface area contributed by atoms with E-state index in [1.807, 2.05) is 0 Å². The highest BCUT2D eigenvalue weighted by Gasteiger charge is 2.22. The Morgan fingerprint density at radius 3 is 3.21 bits per heavy atom. The summed E-state index contributed by atoms with van der Waals surface area (Å²) in [4.78, 5) is 12.0. The van der Waals surface area contributed by atoms with E-state index in [-0.39, 0.29) is 0 Å². The molecule has 0 amide bonds. The third kappa shape index (κ3) is 1.82. The summed E-state index contributed by atoms with van der Waals surface area (Å²) in [5.74, 6) is -0.301. The lowest BCUT2D eigenvalue weighted by atomic mass is 9.86. The molecule has 1 atom stereocenters. The fourth-order valence-corrected chi connectivity index (χ4v) is 3.36. The molecular weight excluding hydrogens is 196 g/mol. The van der Waals surface area contributed by atoms with Crippen molar-refractivity contribution in [1.82, 2.24) is 0 Å². The first kappa shape index (κ1) is 9.71. The van der Waals surface area contributed by atoms with Crippen LogP contribution in [0.2, 0.25) is 0 Å². The van der Waals surface area contributed by atoms with E-state index in [0.717, 1.165) is 19.3 Å². The van der Waals surface area contributed by atoms with Gasteiger partial charge >= 0.3 is 5.97 Å². The van der Waals surface area contributed by atoms with Gasteiger partial charge in [-0.25, -0.2) is 0 Å². The van der Waals surface area contributed by atoms with E-state index in [9.17, 15) is 4.79 Å². The van der Waals surface area contributed by atoms with Crippen LogP contribution in [0.25, 0.3) is 0 Å². The van der Waals surface area contributed by atoms with Gasteiger partial charge in [-0.3, -0.25) is 4.79 Å². The number of carboxylic acids is 1. The van der Waals surface area contributed by atoms with Crippen LogP contribution in [-0.2, 0) is 17.6 Å². The Bertz CT molecular complexity index is 354. The van der Waals surface area contributed by atoms with Crippen LogP contribution in [-0.4, -0.2) is 11.1 Å². The van der Waals surface area contributed by atoms with Crippen LogP contribution < -0.4 is 0 Å². The van der Waals surface area contributed by atoms with Crippen molar-refractivity contribution in [2.75, 3.05) is 0 Å². The second kappa shape index (κ2) is 3.73. The number of carboxylic acid groups (broad SMARTS) is 1. The molecule has 0 aromatic carbocycles.